The van der Waals surface area contributed by atoms with E-state index in [2.05, 4.69) is 37.8 Å². The summed E-state index contributed by atoms with van der Waals surface area (Å²) < 4.78 is 0. The van der Waals surface area contributed by atoms with Crippen molar-refractivity contribution in [1.29, 1.82) is 0 Å². The van der Waals surface area contributed by atoms with Crippen LogP contribution in [0.15, 0.2) is 23.3 Å². The van der Waals surface area contributed by atoms with Gasteiger partial charge in [0.2, 0.25) is 0 Å². The van der Waals surface area contributed by atoms with Crippen molar-refractivity contribution in [1.82, 2.24) is 4.90 Å². The van der Waals surface area contributed by atoms with Crippen molar-refractivity contribution < 1.29 is 0 Å². The van der Waals surface area contributed by atoms with Crippen LogP contribution in [-0.2, 0) is 0 Å². The first kappa shape index (κ1) is 12.9. The van der Waals surface area contributed by atoms with Crippen LogP contribution in [0.3, 0.4) is 0 Å². The lowest BCUT2D eigenvalue weighted by atomic mass is 9.80. The molecular formula is C16H27N. The highest BCUT2D eigenvalue weighted by molar-refractivity contribution is 5.33. The first-order valence-corrected chi connectivity index (χ1v) is 7.37. The molecule has 0 spiro atoms. The van der Waals surface area contributed by atoms with E-state index in [1.807, 2.05) is 0 Å². The quantitative estimate of drug-likeness (QED) is 0.704. The van der Waals surface area contributed by atoms with E-state index in [9.17, 15) is 0 Å². The molecule has 0 saturated heterocycles. The third-order valence-electron chi connectivity index (χ3n) is 4.31. The number of rotatable bonds is 4. The number of hydrogen-bond donors (Lipinski definition) is 0. The Bertz CT molecular complexity index is 313. The molecule has 2 rings (SSSR count). The molecular weight excluding hydrogens is 206 g/mol. The summed E-state index contributed by atoms with van der Waals surface area (Å²) in [7, 11) is 0. The molecule has 1 nitrogen and oxygen atoms in total. The van der Waals surface area contributed by atoms with Crippen molar-refractivity contribution in [2.75, 3.05) is 13.1 Å². The molecule has 0 radical (unpaired) electrons. The van der Waals surface area contributed by atoms with Gasteiger partial charge in [-0.1, -0.05) is 38.5 Å². The van der Waals surface area contributed by atoms with Gasteiger partial charge in [0.05, 0.1) is 0 Å². The van der Waals surface area contributed by atoms with Crippen LogP contribution < -0.4 is 0 Å². The largest absolute Gasteiger partial charge is 0.300 e. The lowest BCUT2D eigenvalue weighted by molar-refractivity contribution is 0.187. The van der Waals surface area contributed by atoms with Crippen molar-refractivity contribution >= 4 is 0 Å². The van der Waals surface area contributed by atoms with Crippen LogP contribution in [-0.4, -0.2) is 24.0 Å². The van der Waals surface area contributed by atoms with E-state index in [-0.39, 0.29) is 0 Å². The molecule has 2 aliphatic rings. The normalized spacial score (nSPS) is 28.7. The Hall–Kier alpha value is -0.560. The van der Waals surface area contributed by atoms with Gasteiger partial charge in [-0.3, -0.25) is 0 Å². The second-order valence-corrected chi connectivity index (χ2v) is 5.69. The van der Waals surface area contributed by atoms with Gasteiger partial charge in [-0.2, -0.15) is 0 Å². The zero-order valence-corrected chi connectivity index (χ0v) is 11.7. The van der Waals surface area contributed by atoms with Gasteiger partial charge >= 0.3 is 0 Å². The summed E-state index contributed by atoms with van der Waals surface area (Å²) in [5, 5.41) is 0. The summed E-state index contributed by atoms with van der Waals surface area (Å²) in [6.45, 7) is 9.43. The summed E-state index contributed by atoms with van der Waals surface area (Å²) in [6, 6.07) is 0.817. The fourth-order valence-electron chi connectivity index (χ4n) is 3.37. The third kappa shape index (κ3) is 3.01. The molecule has 0 aromatic heterocycles. The van der Waals surface area contributed by atoms with Gasteiger partial charge < -0.3 is 4.90 Å². The molecule has 96 valence electrons. The van der Waals surface area contributed by atoms with Gasteiger partial charge in [-0.25, -0.2) is 0 Å². The molecule has 0 saturated carbocycles. The van der Waals surface area contributed by atoms with Crippen molar-refractivity contribution in [2.24, 2.45) is 5.92 Å². The van der Waals surface area contributed by atoms with Gasteiger partial charge in [0.25, 0.3) is 0 Å². The summed E-state index contributed by atoms with van der Waals surface area (Å²) in [6.07, 6.45) is 11.4. The Morgan fingerprint density at radius 1 is 1.29 bits per heavy atom. The highest BCUT2D eigenvalue weighted by Gasteiger charge is 2.25. The molecule has 0 N–H and O–H groups in total. The average molecular weight is 233 g/mol. The van der Waals surface area contributed by atoms with Crippen LogP contribution in [0.2, 0.25) is 0 Å². The van der Waals surface area contributed by atoms with E-state index in [4.69, 9.17) is 0 Å². The maximum Gasteiger partial charge on any atom is 0.0136 e. The number of nitrogens with zero attached hydrogens (tertiary/aromatic N) is 1. The van der Waals surface area contributed by atoms with Gasteiger partial charge in [0.1, 0.15) is 0 Å². The maximum absolute atomic E-state index is 2.69. The zero-order chi connectivity index (χ0) is 12.3. The van der Waals surface area contributed by atoms with E-state index < -0.39 is 0 Å². The topological polar surface area (TPSA) is 3.24 Å². The second kappa shape index (κ2) is 5.86. The molecule has 1 heteroatoms. The fraction of sp³-hybridized carbons (Fsp3) is 0.750. The van der Waals surface area contributed by atoms with Crippen molar-refractivity contribution in [3.8, 4) is 0 Å². The van der Waals surface area contributed by atoms with Gasteiger partial charge in [0.15, 0.2) is 0 Å². The predicted molar refractivity (Wildman–Crippen MR) is 75.1 cm³/mol. The van der Waals surface area contributed by atoms with E-state index in [0.717, 1.165) is 12.0 Å². The Morgan fingerprint density at radius 2 is 2.12 bits per heavy atom. The van der Waals surface area contributed by atoms with E-state index in [0.29, 0.717) is 0 Å². The Morgan fingerprint density at radius 3 is 2.82 bits per heavy atom. The molecule has 0 heterocycles. The summed E-state index contributed by atoms with van der Waals surface area (Å²) in [4.78, 5) is 2.69. The maximum atomic E-state index is 2.69. The average Bonchev–Trinajstić information content (AvgIpc) is 2.35. The lowest BCUT2D eigenvalue weighted by Crippen LogP contribution is -2.38. The Kier molecular flexibility index (Phi) is 4.44. The summed E-state index contributed by atoms with van der Waals surface area (Å²) in [5.41, 5.74) is 3.41. The first-order valence-electron chi connectivity index (χ1n) is 7.37. The number of allylic oxidation sites excluding steroid dienone is 3. The molecule has 0 amide bonds. The fourth-order valence-corrected chi connectivity index (χ4v) is 3.37. The minimum atomic E-state index is 0.758. The highest BCUT2D eigenvalue weighted by Crippen LogP contribution is 2.35. The van der Waals surface area contributed by atoms with Crippen molar-refractivity contribution in [3.05, 3.63) is 23.3 Å². The minimum Gasteiger partial charge on any atom is -0.300 e. The Balaban J connectivity index is 2.02. The summed E-state index contributed by atoms with van der Waals surface area (Å²) >= 11 is 0. The third-order valence-corrected chi connectivity index (χ3v) is 4.31. The molecule has 0 fully saturated rings. The van der Waals surface area contributed by atoms with Gasteiger partial charge in [-0.15, -0.1) is 0 Å². The summed E-state index contributed by atoms with van der Waals surface area (Å²) in [5.74, 6) is 0.758. The minimum absolute atomic E-state index is 0.758. The van der Waals surface area contributed by atoms with E-state index >= 15 is 0 Å². The second-order valence-electron chi connectivity index (χ2n) is 5.69. The van der Waals surface area contributed by atoms with E-state index in [1.165, 1.54) is 45.2 Å². The molecule has 2 aliphatic carbocycles. The molecule has 0 aromatic rings. The molecule has 2 atom stereocenters. The molecule has 0 bridgehead atoms. The number of hydrogen-bond acceptors (Lipinski definition) is 1. The molecule has 0 aromatic carbocycles. The monoisotopic (exact) mass is 233 g/mol. The molecule has 17 heavy (non-hydrogen) atoms. The SMILES string of the molecule is CCCN(CC)C1CCC2=C(CC(C)C=C2)C1. The smallest absolute Gasteiger partial charge is 0.0136 e. The van der Waals surface area contributed by atoms with Crippen molar-refractivity contribution in [2.45, 2.75) is 58.9 Å². The van der Waals surface area contributed by atoms with E-state index in [1.54, 1.807) is 11.1 Å². The highest BCUT2D eigenvalue weighted by atomic mass is 15.1. The molecule has 0 aliphatic heterocycles. The van der Waals surface area contributed by atoms with Gasteiger partial charge in [0, 0.05) is 6.04 Å². The van der Waals surface area contributed by atoms with Crippen LogP contribution >= 0.6 is 0 Å². The van der Waals surface area contributed by atoms with Crippen LogP contribution in [0.1, 0.15) is 52.9 Å². The van der Waals surface area contributed by atoms with Gasteiger partial charge in [-0.05, 0) is 56.7 Å². The van der Waals surface area contributed by atoms with Crippen molar-refractivity contribution in [3.63, 3.8) is 0 Å². The zero-order valence-electron chi connectivity index (χ0n) is 11.7. The van der Waals surface area contributed by atoms with Crippen LogP contribution in [0.5, 0.6) is 0 Å². The molecule has 2 unspecified atom stereocenters. The van der Waals surface area contributed by atoms with Crippen LogP contribution in [0.25, 0.3) is 0 Å². The van der Waals surface area contributed by atoms with Crippen LogP contribution in [0, 0.1) is 5.92 Å². The first-order chi connectivity index (χ1) is 8.24. The Labute approximate surface area is 107 Å². The lowest BCUT2D eigenvalue weighted by Gasteiger charge is -2.36. The predicted octanol–water partition coefficient (Wildman–Crippen LogP) is 4.16. The van der Waals surface area contributed by atoms with Crippen LogP contribution in [0.4, 0.5) is 0 Å². The standard InChI is InChI=1S/C16H27N/c1-4-10-17(5-2)16-9-8-14-7-6-13(3)11-15(14)12-16/h6-7,13,16H,4-5,8-12H2,1-3H3.